The smallest absolute Gasteiger partial charge is 0.293 e. The summed E-state index contributed by atoms with van der Waals surface area (Å²) in [6.45, 7) is 0.367. The Morgan fingerprint density at radius 3 is 2.63 bits per heavy atom. The van der Waals surface area contributed by atoms with Gasteiger partial charge < -0.3 is 5.32 Å². The minimum atomic E-state index is -0.336. The van der Waals surface area contributed by atoms with Gasteiger partial charge in [-0.05, 0) is 61.2 Å². The summed E-state index contributed by atoms with van der Waals surface area (Å²) in [5.41, 5.74) is 0.834. The van der Waals surface area contributed by atoms with Crippen LogP contribution in [0.4, 0.5) is 4.79 Å². The Kier molecular flexibility index (Phi) is 6.43. The molecule has 2 unspecified atom stereocenters. The van der Waals surface area contributed by atoms with Crippen LogP contribution in [0.3, 0.4) is 0 Å². The van der Waals surface area contributed by atoms with E-state index in [0.29, 0.717) is 23.5 Å². The zero-order valence-corrected chi connectivity index (χ0v) is 18.8. The van der Waals surface area contributed by atoms with E-state index in [9.17, 15) is 19.2 Å². The van der Waals surface area contributed by atoms with E-state index in [0.717, 1.165) is 41.1 Å². The summed E-state index contributed by atoms with van der Waals surface area (Å²) in [4.78, 5) is 51.2. The molecule has 4 rings (SSSR count). The number of nitrogens with zero attached hydrogens (tertiary/aromatic N) is 1. The number of amides is 3. The first-order valence-corrected chi connectivity index (χ1v) is 11.9. The number of imide groups is 1. The van der Waals surface area contributed by atoms with E-state index in [4.69, 9.17) is 0 Å². The second kappa shape index (κ2) is 9.06. The van der Waals surface area contributed by atoms with Gasteiger partial charge in [-0.1, -0.05) is 34.5 Å². The highest BCUT2D eigenvalue weighted by Gasteiger charge is 2.41. The molecule has 1 aromatic carbocycles. The third-order valence-electron chi connectivity index (χ3n) is 6.07. The standard InChI is InChI=1S/C22H23BrN2O4S/c23-17-6-1-3-13(9-17)10-18-21(28)25(22(29)30-18)8-7-24-20(27)16-11-14-4-2-5-15(12-16)19(14)26/h1,3,6,9-10,14-16H,2,4-5,7-8,11-12H2,(H,24,27)/b18-10-. The molecular formula is C22H23BrN2O4S. The number of fused-ring (bicyclic) bond motifs is 2. The van der Waals surface area contributed by atoms with Crippen LogP contribution in [0.2, 0.25) is 0 Å². The van der Waals surface area contributed by atoms with Gasteiger partial charge in [0.1, 0.15) is 5.78 Å². The summed E-state index contributed by atoms with van der Waals surface area (Å²) in [5.74, 6) is -0.174. The Morgan fingerprint density at radius 2 is 1.93 bits per heavy atom. The number of benzene rings is 1. The summed E-state index contributed by atoms with van der Waals surface area (Å²) in [5, 5.41) is 2.54. The lowest BCUT2D eigenvalue weighted by Gasteiger charge is -2.37. The van der Waals surface area contributed by atoms with E-state index in [1.807, 2.05) is 24.3 Å². The molecule has 3 aliphatic rings. The van der Waals surface area contributed by atoms with Gasteiger partial charge in [-0.15, -0.1) is 0 Å². The third kappa shape index (κ3) is 4.54. The van der Waals surface area contributed by atoms with E-state index >= 15 is 0 Å². The molecule has 1 heterocycles. The highest BCUT2D eigenvalue weighted by molar-refractivity contribution is 9.10. The van der Waals surface area contributed by atoms with Gasteiger partial charge in [0.25, 0.3) is 11.1 Å². The van der Waals surface area contributed by atoms with E-state index in [2.05, 4.69) is 21.2 Å². The summed E-state index contributed by atoms with van der Waals surface area (Å²) >= 11 is 4.31. The number of carbonyl (C=O) groups excluding carboxylic acids is 4. The molecule has 2 saturated carbocycles. The summed E-state index contributed by atoms with van der Waals surface area (Å²) in [6.07, 6.45) is 5.80. The first-order chi connectivity index (χ1) is 14.4. The number of Topliss-reactive ketones (excluding diaryl/α,β-unsaturated/α-hetero) is 1. The molecule has 1 saturated heterocycles. The first-order valence-electron chi connectivity index (χ1n) is 10.2. The van der Waals surface area contributed by atoms with Crippen molar-refractivity contribution in [1.29, 1.82) is 0 Å². The highest BCUT2D eigenvalue weighted by Crippen LogP contribution is 2.40. The molecule has 1 aliphatic heterocycles. The van der Waals surface area contributed by atoms with Crippen molar-refractivity contribution in [3.8, 4) is 0 Å². The van der Waals surface area contributed by atoms with Crippen LogP contribution in [-0.2, 0) is 14.4 Å². The van der Waals surface area contributed by atoms with Crippen LogP contribution in [-0.4, -0.2) is 40.8 Å². The number of halogens is 1. The van der Waals surface area contributed by atoms with E-state index in [1.54, 1.807) is 6.08 Å². The van der Waals surface area contributed by atoms with E-state index in [-0.39, 0.29) is 47.9 Å². The summed E-state index contributed by atoms with van der Waals surface area (Å²) in [7, 11) is 0. The maximum atomic E-state index is 12.6. The number of ketones is 1. The van der Waals surface area contributed by atoms with Crippen molar-refractivity contribution in [3.05, 3.63) is 39.2 Å². The van der Waals surface area contributed by atoms with E-state index in [1.165, 1.54) is 4.90 Å². The fraction of sp³-hybridized carbons (Fsp3) is 0.455. The monoisotopic (exact) mass is 490 g/mol. The molecule has 3 amide bonds. The molecule has 0 spiro atoms. The van der Waals surface area contributed by atoms with Crippen LogP contribution in [0.1, 0.15) is 37.7 Å². The number of nitrogens with one attached hydrogen (secondary N) is 1. The zero-order valence-electron chi connectivity index (χ0n) is 16.4. The molecule has 30 heavy (non-hydrogen) atoms. The maximum absolute atomic E-state index is 12.6. The van der Waals surface area contributed by atoms with Gasteiger partial charge in [0.05, 0.1) is 4.91 Å². The van der Waals surface area contributed by atoms with Crippen molar-refractivity contribution in [2.24, 2.45) is 17.8 Å². The van der Waals surface area contributed by atoms with Gasteiger partial charge in [0.15, 0.2) is 0 Å². The average molecular weight is 491 g/mol. The average Bonchev–Trinajstić information content (AvgIpc) is 2.95. The fourth-order valence-corrected chi connectivity index (χ4v) is 5.85. The molecule has 3 fully saturated rings. The van der Waals surface area contributed by atoms with Crippen molar-refractivity contribution >= 4 is 56.6 Å². The van der Waals surface area contributed by atoms with Crippen molar-refractivity contribution in [1.82, 2.24) is 10.2 Å². The number of thioether (sulfide) groups is 1. The SMILES string of the molecule is O=C(NCCN1C(=O)S/C(=C\c2cccc(Br)c2)C1=O)C1CC2CCCC(C1)C2=O. The number of rotatable bonds is 5. The molecule has 1 N–H and O–H groups in total. The molecule has 2 atom stereocenters. The maximum Gasteiger partial charge on any atom is 0.293 e. The second-order valence-electron chi connectivity index (χ2n) is 8.07. The molecule has 1 aromatic rings. The third-order valence-corrected chi connectivity index (χ3v) is 7.47. The van der Waals surface area contributed by atoms with Crippen LogP contribution in [0.15, 0.2) is 33.6 Å². The van der Waals surface area contributed by atoms with Gasteiger partial charge in [-0.2, -0.15) is 0 Å². The number of carbonyl (C=O) groups is 4. The minimum absolute atomic E-state index is 0.0251. The predicted molar refractivity (Wildman–Crippen MR) is 118 cm³/mol. The summed E-state index contributed by atoms with van der Waals surface area (Å²) < 4.78 is 0.895. The van der Waals surface area contributed by atoms with Gasteiger partial charge in [0.2, 0.25) is 5.91 Å². The van der Waals surface area contributed by atoms with Crippen LogP contribution < -0.4 is 5.32 Å². The number of hydrogen-bond acceptors (Lipinski definition) is 5. The molecule has 8 heteroatoms. The molecule has 158 valence electrons. The van der Waals surface area contributed by atoms with Crippen molar-refractivity contribution < 1.29 is 19.2 Å². The summed E-state index contributed by atoms with van der Waals surface area (Å²) in [6, 6.07) is 7.49. The zero-order chi connectivity index (χ0) is 21.3. The largest absolute Gasteiger partial charge is 0.354 e. The van der Waals surface area contributed by atoms with Crippen LogP contribution >= 0.6 is 27.7 Å². The Hall–Kier alpha value is -1.93. The first kappa shape index (κ1) is 21.3. The minimum Gasteiger partial charge on any atom is -0.354 e. The lowest BCUT2D eigenvalue weighted by molar-refractivity contribution is -0.137. The fourth-order valence-electron chi connectivity index (χ4n) is 4.57. The quantitative estimate of drug-likeness (QED) is 0.630. The lowest BCUT2D eigenvalue weighted by atomic mass is 9.67. The van der Waals surface area contributed by atoms with Crippen molar-refractivity contribution in [2.75, 3.05) is 13.1 Å². The van der Waals surface area contributed by atoms with Gasteiger partial charge in [0, 0.05) is 35.3 Å². The molecule has 0 aromatic heterocycles. The van der Waals surface area contributed by atoms with Gasteiger partial charge >= 0.3 is 0 Å². The Morgan fingerprint density at radius 1 is 1.20 bits per heavy atom. The highest BCUT2D eigenvalue weighted by atomic mass is 79.9. The van der Waals surface area contributed by atoms with Crippen LogP contribution in [0.5, 0.6) is 0 Å². The van der Waals surface area contributed by atoms with Crippen molar-refractivity contribution in [3.63, 3.8) is 0 Å². The predicted octanol–water partition coefficient (Wildman–Crippen LogP) is 4.00. The van der Waals surface area contributed by atoms with E-state index < -0.39 is 0 Å². The molecule has 6 nitrogen and oxygen atoms in total. The Balaban J connectivity index is 1.31. The lowest BCUT2D eigenvalue weighted by Crippen LogP contribution is -2.44. The second-order valence-corrected chi connectivity index (χ2v) is 9.98. The number of hydrogen-bond donors (Lipinski definition) is 1. The Bertz CT molecular complexity index is 915. The van der Waals surface area contributed by atoms with Crippen LogP contribution in [0.25, 0.3) is 6.08 Å². The van der Waals surface area contributed by atoms with Crippen molar-refractivity contribution in [2.45, 2.75) is 32.1 Å². The van der Waals surface area contributed by atoms with Gasteiger partial charge in [-0.25, -0.2) is 0 Å². The molecule has 0 radical (unpaired) electrons. The normalized spacial score (nSPS) is 27.6. The Labute approximate surface area is 188 Å². The molecule has 2 bridgehead atoms. The topological polar surface area (TPSA) is 83.6 Å². The molecule has 2 aliphatic carbocycles. The van der Waals surface area contributed by atoms with Crippen LogP contribution in [0, 0.1) is 17.8 Å². The molecular weight excluding hydrogens is 468 g/mol. The van der Waals surface area contributed by atoms with Gasteiger partial charge in [-0.3, -0.25) is 24.1 Å².